The van der Waals surface area contributed by atoms with Crippen LogP contribution in [0.5, 0.6) is 5.75 Å². The van der Waals surface area contributed by atoms with E-state index in [4.69, 9.17) is 21.4 Å². The average molecular weight is 467 g/mol. The van der Waals surface area contributed by atoms with Gasteiger partial charge in [-0.3, -0.25) is 4.79 Å². The van der Waals surface area contributed by atoms with Gasteiger partial charge in [-0.1, -0.05) is 35.9 Å². The van der Waals surface area contributed by atoms with Crippen LogP contribution in [0.25, 0.3) is 10.9 Å². The molecular formula is C24H20ClFN4O3. The molecule has 1 aromatic heterocycles. The Hall–Kier alpha value is -3.75. The molecule has 0 saturated carbocycles. The lowest BCUT2D eigenvalue weighted by molar-refractivity contribution is -0.135. The minimum atomic E-state index is -0.909. The van der Waals surface area contributed by atoms with Gasteiger partial charge in [0.2, 0.25) is 5.95 Å². The van der Waals surface area contributed by atoms with Gasteiger partial charge in [-0.2, -0.15) is 0 Å². The summed E-state index contributed by atoms with van der Waals surface area (Å²) in [6.45, 7) is 0.501. The number of nitrogens with one attached hydrogen (secondary N) is 2. The Morgan fingerprint density at radius 1 is 1.09 bits per heavy atom. The highest BCUT2D eigenvalue weighted by molar-refractivity contribution is 6.32. The van der Waals surface area contributed by atoms with E-state index in [1.807, 2.05) is 18.2 Å². The number of rotatable bonds is 9. The summed E-state index contributed by atoms with van der Waals surface area (Å²) < 4.78 is 19.0. The van der Waals surface area contributed by atoms with Crippen LogP contribution in [0.2, 0.25) is 5.02 Å². The normalized spacial score (nSPS) is 10.8. The van der Waals surface area contributed by atoms with E-state index in [0.29, 0.717) is 34.5 Å². The number of aromatic nitrogens is 2. The predicted octanol–water partition coefficient (Wildman–Crippen LogP) is 4.92. The van der Waals surface area contributed by atoms with Crippen LogP contribution < -0.4 is 15.4 Å². The maximum Gasteiger partial charge on any atom is 0.317 e. The fourth-order valence-electron chi connectivity index (χ4n) is 3.17. The van der Waals surface area contributed by atoms with Gasteiger partial charge >= 0.3 is 5.97 Å². The molecular weight excluding hydrogens is 447 g/mol. The largest absolute Gasteiger partial charge is 0.487 e. The quantitative estimate of drug-likeness (QED) is 0.322. The summed E-state index contributed by atoms with van der Waals surface area (Å²) in [6, 6.07) is 17.1. The van der Waals surface area contributed by atoms with E-state index in [2.05, 4.69) is 20.6 Å². The van der Waals surface area contributed by atoms with Gasteiger partial charge < -0.3 is 20.5 Å². The van der Waals surface area contributed by atoms with Crippen molar-refractivity contribution in [3.05, 3.63) is 88.8 Å². The van der Waals surface area contributed by atoms with E-state index >= 15 is 0 Å². The van der Waals surface area contributed by atoms with Crippen molar-refractivity contribution in [1.82, 2.24) is 15.3 Å². The molecule has 0 radical (unpaired) electrons. The molecule has 7 nitrogen and oxygen atoms in total. The molecule has 3 N–H and O–H groups in total. The first-order chi connectivity index (χ1) is 16.0. The molecule has 33 heavy (non-hydrogen) atoms. The van der Waals surface area contributed by atoms with Gasteiger partial charge in [0, 0.05) is 23.8 Å². The van der Waals surface area contributed by atoms with E-state index in [1.165, 1.54) is 12.1 Å². The number of nitrogens with zero attached hydrogens (tertiary/aromatic N) is 2. The van der Waals surface area contributed by atoms with Gasteiger partial charge in [0.1, 0.15) is 18.2 Å². The van der Waals surface area contributed by atoms with Gasteiger partial charge in [-0.25, -0.2) is 14.4 Å². The number of hydrogen-bond donors (Lipinski definition) is 3. The second kappa shape index (κ2) is 10.2. The first-order valence-corrected chi connectivity index (χ1v) is 10.5. The first kappa shape index (κ1) is 22.4. The van der Waals surface area contributed by atoms with Crippen molar-refractivity contribution in [2.75, 3.05) is 11.9 Å². The summed E-state index contributed by atoms with van der Waals surface area (Å²) in [4.78, 5) is 19.5. The lowest BCUT2D eigenvalue weighted by Crippen LogP contribution is -2.21. The highest BCUT2D eigenvalue weighted by Crippen LogP contribution is 2.29. The smallest absolute Gasteiger partial charge is 0.317 e. The van der Waals surface area contributed by atoms with Crippen molar-refractivity contribution in [3.8, 4) is 5.75 Å². The van der Waals surface area contributed by atoms with Crippen LogP contribution in [0.4, 0.5) is 16.0 Å². The number of aliphatic carboxylic acids is 1. The highest BCUT2D eigenvalue weighted by Gasteiger charge is 2.07. The van der Waals surface area contributed by atoms with E-state index in [9.17, 15) is 9.18 Å². The fraction of sp³-hybridized carbons (Fsp3) is 0.125. The molecule has 0 saturated heterocycles. The van der Waals surface area contributed by atoms with E-state index < -0.39 is 5.97 Å². The Kier molecular flexibility index (Phi) is 6.97. The summed E-state index contributed by atoms with van der Waals surface area (Å²) in [7, 11) is 0. The zero-order valence-corrected chi connectivity index (χ0v) is 18.1. The number of benzene rings is 3. The van der Waals surface area contributed by atoms with Crippen molar-refractivity contribution >= 4 is 40.1 Å². The maximum atomic E-state index is 13.3. The molecule has 4 rings (SSSR count). The van der Waals surface area contributed by atoms with Crippen LogP contribution >= 0.6 is 11.6 Å². The highest BCUT2D eigenvalue weighted by atomic mass is 35.5. The molecule has 0 spiro atoms. The summed E-state index contributed by atoms with van der Waals surface area (Å²) in [5.74, 6) is -0.360. The Labute approximate surface area is 194 Å². The van der Waals surface area contributed by atoms with Gasteiger partial charge in [0.05, 0.1) is 17.1 Å². The van der Waals surface area contributed by atoms with Crippen LogP contribution in [0, 0.1) is 5.82 Å². The zero-order chi connectivity index (χ0) is 23.2. The second-order valence-corrected chi connectivity index (χ2v) is 7.68. The number of anilines is 2. The number of ether oxygens (including phenoxy) is 1. The molecule has 1 heterocycles. The minimum absolute atomic E-state index is 0.114. The lowest BCUT2D eigenvalue weighted by atomic mass is 10.1. The van der Waals surface area contributed by atoms with E-state index in [0.717, 1.165) is 16.5 Å². The van der Waals surface area contributed by atoms with E-state index in [1.54, 1.807) is 36.5 Å². The van der Waals surface area contributed by atoms with Crippen LogP contribution in [0.15, 0.2) is 66.9 Å². The van der Waals surface area contributed by atoms with Crippen molar-refractivity contribution in [3.63, 3.8) is 0 Å². The van der Waals surface area contributed by atoms with Crippen LogP contribution in [0.3, 0.4) is 0 Å². The Balaban J connectivity index is 1.43. The molecule has 0 aliphatic heterocycles. The van der Waals surface area contributed by atoms with Gasteiger partial charge in [0.25, 0.3) is 0 Å². The topological polar surface area (TPSA) is 96.4 Å². The minimum Gasteiger partial charge on any atom is -0.487 e. The molecule has 0 unspecified atom stereocenters. The molecule has 9 heteroatoms. The summed E-state index contributed by atoms with van der Waals surface area (Å²) in [5.41, 5.74) is 3.02. The number of carboxylic acid groups (broad SMARTS) is 1. The Morgan fingerprint density at radius 2 is 1.97 bits per heavy atom. The number of carboxylic acids is 1. The summed E-state index contributed by atoms with van der Waals surface area (Å²) >= 11 is 6.35. The second-order valence-electron chi connectivity index (χ2n) is 7.27. The number of fused-ring (bicyclic) bond motifs is 1. The van der Waals surface area contributed by atoms with Gasteiger partial charge in [0.15, 0.2) is 0 Å². The van der Waals surface area contributed by atoms with Crippen molar-refractivity contribution in [1.29, 1.82) is 0 Å². The third-order valence-electron chi connectivity index (χ3n) is 4.72. The maximum absolute atomic E-state index is 13.3. The van der Waals surface area contributed by atoms with Crippen LogP contribution in [0.1, 0.15) is 11.1 Å². The standard InChI is InChI=1S/C24H20ClFN4O3/c25-20-10-19(6-7-22(20)33-14-16-2-1-3-18(26)8-16)29-24-28-12-17-5-4-15(9-21(17)30-24)11-27-13-23(31)32/h1-10,12,27H,11,13-14H2,(H,31,32)(H,28,29,30). The van der Waals surface area contributed by atoms with Gasteiger partial charge in [-0.15, -0.1) is 0 Å². The number of halogens is 2. The Morgan fingerprint density at radius 3 is 2.76 bits per heavy atom. The SMILES string of the molecule is O=C(O)CNCc1ccc2cnc(Nc3ccc(OCc4cccc(F)c4)c(Cl)c3)nc2c1. The summed E-state index contributed by atoms with van der Waals surface area (Å²) in [6.07, 6.45) is 1.71. The van der Waals surface area contributed by atoms with Crippen molar-refractivity contribution < 1.29 is 19.0 Å². The lowest BCUT2D eigenvalue weighted by Gasteiger charge is -2.11. The monoisotopic (exact) mass is 466 g/mol. The zero-order valence-electron chi connectivity index (χ0n) is 17.4. The third-order valence-corrected chi connectivity index (χ3v) is 5.02. The molecule has 168 valence electrons. The average Bonchev–Trinajstić information content (AvgIpc) is 2.78. The van der Waals surface area contributed by atoms with Crippen LogP contribution in [-0.2, 0) is 17.9 Å². The molecule has 4 aromatic rings. The molecule has 0 fully saturated rings. The fourth-order valence-corrected chi connectivity index (χ4v) is 3.40. The molecule has 0 aliphatic rings. The molecule has 0 amide bonds. The number of hydrogen-bond acceptors (Lipinski definition) is 6. The molecule has 0 bridgehead atoms. The molecule has 0 aliphatic carbocycles. The van der Waals surface area contributed by atoms with Gasteiger partial charge in [-0.05, 0) is 47.5 Å². The predicted molar refractivity (Wildman–Crippen MR) is 124 cm³/mol. The molecule has 3 aromatic carbocycles. The van der Waals surface area contributed by atoms with Crippen LogP contribution in [-0.4, -0.2) is 27.6 Å². The van der Waals surface area contributed by atoms with E-state index in [-0.39, 0.29) is 19.0 Å². The third kappa shape index (κ3) is 6.15. The van der Waals surface area contributed by atoms with Crippen molar-refractivity contribution in [2.24, 2.45) is 0 Å². The number of carbonyl (C=O) groups is 1. The van der Waals surface area contributed by atoms with Crippen molar-refractivity contribution in [2.45, 2.75) is 13.2 Å². The molecule has 0 atom stereocenters. The first-order valence-electron chi connectivity index (χ1n) is 10.1. The Bertz CT molecular complexity index is 1300. The summed E-state index contributed by atoms with van der Waals surface area (Å²) in [5, 5.41) is 16.0.